The molecule has 0 radical (unpaired) electrons. The Morgan fingerprint density at radius 3 is 2.52 bits per heavy atom. The van der Waals surface area contributed by atoms with Crippen molar-refractivity contribution in [2.24, 2.45) is 0 Å². The highest BCUT2D eigenvalue weighted by atomic mass is 32.1. The Labute approximate surface area is 137 Å². The van der Waals surface area contributed by atoms with Gasteiger partial charge in [0.25, 0.3) is 0 Å². The average molecular weight is 330 g/mol. The molecular formula is C16H18N4O2S. The number of carbonyl (C=O) groups excluding carboxylic acids is 1. The highest BCUT2D eigenvalue weighted by Gasteiger charge is 2.13. The van der Waals surface area contributed by atoms with Crippen LogP contribution in [-0.2, 0) is 17.9 Å². The number of amides is 1. The monoisotopic (exact) mass is 330 g/mol. The zero-order valence-corrected chi connectivity index (χ0v) is 13.7. The molecule has 0 spiro atoms. The minimum atomic E-state index is -0.140. The van der Waals surface area contributed by atoms with Gasteiger partial charge in [0, 0.05) is 31.1 Å². The van der Waals surface area contributed by atoms with Crippen LogP contribution in [-0.4, -0.2) is 20.0 Å². The lowest BCUT2D eigenvalue weighted by atomic mass is 10.3. The zero-order valence-electron chi connectivity index (χ0n) is 12.9. The molecule has 2 aromatic heterocycles. The van der Waals surface area contributed by atoms with Gasteiger partial charge in [-0.1, -0.05) is 19.1 Å². The van der Waals surface area contributed by atoms with Gasteiger partial charge in [0.05, 0.1) is 11.0 Å². The number of para-hydroxylation sites is 2. The summed E-state index contributed by atoms with van der Waals surface area (Å²) in [4.78, 5) is 28.6. The molecular weight excluding hydrogens is 312 g/mol. The van der Waals surface area contributed by atoms with Crippen molar-refractivity contribution in [3.63, 3.8) is 0 Å². The largest absolute Gasteiger partial charge is 0.329 e. The molecule has 0 saturated carbocycles. The summed E-state index contributed by atoms with van der Waals surface area (Å²) in [5.41, 5.74) is 1.72. The van der Waals surface area contributed by atoms with Crippen LogP contribution >= 0.6 is 11.3 Å². The van der Waals surface area contributed by atoms with E-state index in [0.717, 1.165) is 17.5 Å². The first-order chi connectivity index (χ1) is 11.2. The molecule has 1 aromatic carbocycles. The maximum Gasteiger partial charge on any atom is 0.329 e. The molecule has 23 heavy (non-hydrogen) atoms. The molecule has 3 aromatic rings. The van der Waals surface area contributed by atoms with Gasteiger partial charge in [-0.05, 0) is 18.6 Å². The first-order valence-corrected chi connectivity index (χ1v) is 8.46. The van der Waals surface area contributed by atoms with E-state index in [0.29, 0.717) is 18.2 Å². The summed E-state index contributed by atoms with van der Waals surface area (Å²) in [6.45, 7) is 3.07. The maximum atomic E-state index is 12.6. The number of aryl methyl sites for hydroxylation is 2. The van der Waals surface area contributed by atoms with Gasteiger partial charge in [-0.2, -0.15) is 0 Å². The van der Waals surface area contributed by atoms with Crippen LogP contribution in [0.25, 0.3) is 11.0 Å². The third-order valence-corrected chi connectivity index (χ3v) is 4.30. The van der Waals surface area contributed by atoms with E-state index in [4.69, 9.17) is 0 Å². The Balaban J connectivity index is 1.81. The normalized spacial score (nSPS) is 11.0. The molecule has 0 aliphatic heterocycles. The molecule has 7 heteroatoms. The van der Waals surface area contributed by atoms with E-state index in [-0.39, 0.29) is 18.0 Å². The number of imidazole rings is 1. The Hall–Kier alpha value is -2.41. The van der Waals surface area contributed by atoms with Crippen LogP contribution in [0.2, 0.25) is 0 Å². The number of hydrogen-bond donors (Lipinski definition) is 1. The molecule has 0 unspecified atom stereocenters. The predicted octanol–water partition coefficient (Wildman–Crippen LogP) is 2.70. The Bertz CT molecular complexity index is 864. The summed E-state index contributed by atoms with van der Waals surface area (Å²) in [5, 5.41) is 5.12. The minimum Gasteiger partial charge on any atom is -0.302 e. The van der Waals surface area contributed by atoms with Gasteiger partial charge in [-0.25, -0.2) is 9.78 Å². The summed E-state index contributed by atoms with van der Waals surface area (Å²) >= 11 is 1.37. The lowest BCUT2D eigenvalue weighted by Crippen LogP contribution is -2.26. The molecule has 0 aliphatic rings. The number of fused-ring (bicyclic) bond motifs is 1. The van der Waals surface area contributed by atoms with Crippen LogP contribution in [0.5, 0.6) is 0 Å². The Morgan fingerprint density at radius 1 is 1.22 bits per heavy atom. The van der Waals surface area contributed by atoms with Crippen LogP contribution in [0.1, 0.15) is 19.8 Å². The Kier molecular flexibility index (Phi) is 4.57. The first-order valence-electron chi connectivity index (χ1n) is 7.58. The molecule has 0 aliphatic carbocycles. The van der Waals surface area contributed by atoms with E-state index >= 15 is 0 Å². The summed E-state index contributed by atoms with van der Waals surface area (Å²) in [7, 11) is 0. The van der Waals surface area contributed by atoms with Gasteiger partial charge in [-0.3, -0.25) is 13.9 Å². The second-order valence-corrected chi connectivity index (χ2v) is 6.10. The molecule has 1 N–H and O–H groups in total. The number of aromatic nitrogens is 3. The summed E-state index contributed by atoms with van der Waals surface area (Å²) in [6.07, 6.45) is 2.77. The molecule has 0 bridgehead atoms. The van der Waals surface area contributed by atoms with Crippen molar-refractivity contribution < 1.29 is 4.79 Å². The van der Waals surface area contributed by atoms with Crippen LogP contribution in [0.3, 0.4) is 0 Å². The van der Waals surface area contributed by atoms with Gasteiger partial charge in [0.1, 0.15) is 0 Å². The molecule has 0 saturated heterocycles. The van der Waals surface area contributed by atoms with Gasteiger partial charge in [0.15, 0.2) is 5.13 Å². The smallest absolute Gasteiger partial charge is 0.302 e. The molecule has 6 nitrogen and oxygen atoms in total. The number of hydrogen-bond acceptors (Lipinski definition) is 4. The number of rotatable bonds is 6. The van der Waals surface area contributed by atoms with Crippen molar-refractivity contribution in [1.29, 1.82) is 0 Å². The average Bonchev–Trinajstić information content (AvgIpc) is 3.14. The van der Waals surface area contributed by atoms with Crippen LogP contribution in [0.15, 0.2) is 40.6 Å². The van der Waals surface area contributed by atoms with E-state index in [9.17, 15) is 9.59 Å². The number of anilines is 1. The van der Waals surface area contributed by atoms with Crippen molar-refractivity contribution in [1.82, 2.24) is 14.1 Å². The number of nitrogens with one attached hydrogen (secondary N) is 1. The highest BCUT2D eigenvalue weighted by Crippen LogP contribution is 2.14. The summed E-state index contributed by atoms with van der Waals surface area (Å²) < 4.78 is 3.44. The third-order valence-electron chi connectivity index (χ3n) is 3.61. The standard InChI is InChI=1S/C16H18N4O2S/c1-2-9-19-12-5-3-4-6-13(12)20(16(19)22)10-7-14(21)18-15-17-8-11-23-15/h3-6,8,11H,2,7,9-10H2,1H3,(H,17,18,21). The lowest BCUT2D eigenvalue weighted by Gasteiger charge is -2.03. The van der Waals surface area contributed by atoms with Crippen LogP contribution < -0.4 is 11.0 Å². The van der Waals surface area contributed by atoms with E-state index in [1.54, 1.807) is 20.7 Å². The van der Waals surface area contributed by atoms with Crippen molar-refractivity contribution in [3.8, 4) is 0 Å². The maximum absolute atomic E-state index is 12.6. The first kappa shape index (κ1) is 15.5. The molecule has 0 atom stereocenters. The number of thiazole rings is 1. The SMILES string of the molecule is CCCn1c(=O)n(CCC(=O)Nc2nccs2)c2ccccc21. The van der Waals surface area contributed by atoms with Crippen molar-refractivity contribution >= 4 is 33.4 Å². The second-order valence-electron chi connectivity index (χ2n) is 5.21. The van der Waals surface area contributed by atoms with Gasteiger partial charge >= 0.3 is 5.69 Å². The molecule has 2 heterocycles. The van der Waals surface area contributed by atoms with E-state index in [1.807, 2.05) is 31.2 Å². The van der Waals surface area contributed by atoms with E-state index in [2.05, 4.69) is 10.3 Å². The third kappa shape index (κ3) is 3.19. The van der Waals surface area contributed by atoms with E-state index < -0.39 is 0 Å². The second kappa shape index (κ2) is 6.78. The fraction of sp³-hybridized carbons (Fsp3) is 0.312. The van der Waals surface area contributed by atoms with Crippen molar-refractivity contribution in [2.75, 3.05) is 5.32 Å². The lowest BCUT2D eigenvalue weighted by molar-refractivity contribution is -0.116. The number of carbonyl (C=O) groups is 1. The number of benzene rings is 1. The molecule has 3 rings (SSSR count). The van der Waals surface area contributed by atoms with Gasteiger partial charge in [-0.15, -0.1) is 11.3 Å². The zero-order chi connectivity index (χ0) is 16.2. The fourth-order valence-electron chi connectivity index (χ4n) is 2.61. The highest BCUT2D eigenvalue weighted by molar-refractivity contribution is 7.13. The topological polar surface area (TPSA) is 68.9 Å². The van der Waals surface area contributed by atoms with E-state index in [1.165, 1.54) is 11.3 Å². The molecule has 0 fully saturated rings. The number of nitrogens with zero attached hydrogens (tertiary/aromatic N) is 3. The van der Waals surface area contributed by atoms with Gasteiger partial charge < -0.3 is 5.32 Å². The summed E-state index contributed by atoms with van der Waals surface area (Å²) in [6, 6.07) is 7.69. The van der Waals surface area contributed by atoms with Crippen molar-refractivity contribution in [2.45, 2.75) is 32.9 Å². The van der Waals surface area contributed by atoms with Gasteiger partial charge in [0.2, 0.25) is 5.91 Å². The predicted molar refractivity (Wildman–Crippen MR) is 91.8 cm³/mol. The molecule has 1 amide bonds. The Morgan fingerprint density at radius 2 is 1.91 bits per heavy atom. The minimum absolute atomic E-state index is 0.0601. The van der Waals surface area contributed by atoms with Crippen LogP contribution in [0, 0.1) is 0 Å². The van der Waals surface area contributed by atoms with Crippen molar-refractivity contribution in [3.05, 3.63) is 46.3 Å². The molecule has 120 valence electrons. The summed E-state index contributed by atoms with van der Waals surface area (Å²) in [5.74, 6) is -0.140. The van der Waals surface area contributed by atoms with Crippen LogP contribution in [0.4, 0.5) is 5.13 Å². The quantitative estimate of drug-likeness (QED) is 0.755. The fourth-order valence-corrected chi connectivity index (χ4v) is 3.15.